The van der Waals surface area contributed by atoms with E-state index in [9.17, 15) is 9.18 Å². The van der Waals surface area contributed by atoms with Crippen LogP contribution in [0.2, 0.25) is 0 Å². The molecule has 0 N–H and O–H groups in total. The van der Waals surface area contributed by atoms with E-state index in [0.29, 0.717) is 12.8 Å². The third-order valence-corrected chi connectivity index (χ3v) is 3.14. The molecule has 0 amide bonds. The van der Waals surface area contributed by atoms with Crippen LogP contribution in [-0.4, -0.2) is 18.5 Å². The van der Waals surface area contributed by atoms with Crippen LogP contribution in [0.15, 0.2) is 18.2 Å². The Morgan fingerprint density at radius 1 is 1.53 bits per heavy atom. The summed E-state index contributed by atoms with van der Waals surface area (Å²) in [5, 5.41) is 0. The van der Waals surface area contributed by atoms with Crippen LogP contribution in [0.4, 0.5) is 4.39 Å². The van der Waals surface area contributed by atoms with Crippen molar-refractivity contribution in [2.24, 2.45) is 0 Å². The topological polar surface area (TPSA) is 26.3 Å². The van der Waals surface area contributed by atoms with Crippen molar-refractivity contribution in [3.63, 3.8) is 0 Å². The summed E-state index contributed by atoms with van der Waals surface area (Å²) < 4.78 is 18.9. The Labute approximate surface area is 101 Å². The molecule has 2 rings (SSSR count). The number of Topliss-reactive ketones (excluding diaryl/α,β-unsaturated/α-hetero) is 1. The van der Waals surface area contributed by atoms with Gasteiger partial charge in [0.1, 0.15) is 5.82 Å². The second-order valence-electron chi connectivity index (χ2n) is 4.58. The van der Waals surface area contributed by atoms with Gasteiger partial charge in [0.25, 0.3) is 0 Å². The van der Waals surface area contributed by atoms with Gasteiger partial charge in [-0.1, -0.05) is 11.6 Å². The van der Waals surface area contributed by atoms with Crippen molar-refractivity contribution in [2.45, 2.75) is 38.7 Å². The van der Waals surface area contributed by atoms with E-state index in [1.54, 1.807) is 12.1 Å². The average molecular weight is 236 g/mol. The molecule has 0 aromatic heterocycles. The van der Waals surface area contributed by atoms with Gasteiger partial charge < -0.3 is 4.74 Å². The Balaban J connectivity index is 1.96. The molecule has 1 aliphatic heterocycles. The van der Waals surface area contributed by atoms with Crippen LogP contribution in [0, 0.1) is 12.7 Å². The molecule has 3 heteroatoms. The van der Waals surface area contributed by atoms with Crippen LogP contribution in [0.5, 0.6) is 0 Å². The highest BCUT2D eigenvalue weighted by atomic mass is 19.1. The maximum atomic E-state index is 13.5. The smallest absolute Gasteiger partial charge is 0.165 e. The van der Waals surface area contributed by atoms with E-state index < -0.39 is 5.82 Å². The number of ketones is 1. The fraction of sp³-hybridized carbons (Fsp3) is 0.500. The maximum Gasteiger partial charge on any atom is 0.165 e. The number of rotatable bonds is 4. The van der Waals surface area contributed by atoms with Crippen LogP contribution in [-0.2, 0) is 4.74 Å². The molecule has 0 radical (unpaired) electrons. The van der Waals surface area contributed by atoms with Gasteiger partial charge in [0.05, 0.1) is 11.7 Å². The van der Waals surface area contributed by atoms with E-state index >= 15 is 0 Å². The van der Waals surface area contributed by atoms with E-state index in [0.717, 1.165) is 25.0 Å². The van der Waals surface area contributed by atoms with E-state index in [4.69, 9.17) is 4.74 Å². The minimum absolute atomic E-state index is 0.123. The monoisotopic (exact) mass is 236 g/mol. The van der Waals surface area contributed by atoms with Crippen molar-refractivity contribution in [1.82, 2.24) is 0 Å². The average Bonchev–Trinajstić information content (AvgIpc) is 2.82. The number of ether oxygens (including phenoxy) is 1. The number of aryl methyl sites for hydroxylation is 1. The summed E-state index contributed by atoms with van der Waals surface area (Å²) in [7, 11) is 0. The van der Waals surface area contributed by atoms with Gasteiger partial charge in [0, 0.05) is 13.0 Å². The zero-order valence-corrected chi connectivity index (χ0v) is 10.0. The highest BCUT2D eigenvalue weighted by Gasteiger charge is 2.18. The molecule has 1 aromatic rings. The molecule has 0 aliphatic carbocycles. The quantitative estimate of drug-likeness (QED) is 0.750. The molecule has 1 unspecified atom stereocenters. The van der Waals surface area contributed by atoms with Gasteiger partial charge >= 0.3 is 0 Å². The fourth-order valence-corrected chi connectivity index (χ4v) is 2.15. The summed E-state index contributed by atoms with van der Waals surface area (Å²) in [6, 6.07) is 4.65. The van der Waals surface area contributed by atoms with Crippen LogP contribution in [0.1, 0.15) is 41.6 Å². The Morgan fingerprint density at radius 3 is 3.06 bits per heavy atom. The lowest BCUT2D eigenvalue weighted by Gasteiger charge is -2.08. The lowest BCUT2D eigenvalue weighted by Crippen LogP contribution is -2.10. The first kappa shape index (κ1) is 12.2. The summed E-state index contributed by atoms with van der Waals surface area (Å²) in [4.78, 5) is 11.9. The zero-order valence-electron chi connectivity index (χ0n) is 10.0. The SMILES string of the molecule is Cc1ccc(F)c(C(=O)CCC2CCCO2)c1. The second-order valence-corrected chi connectivity index (χ2v) is 4.58. The number of benzene rings is 1. The van der Waals surface area contributed by atoms with Crippen LogP contribution < -0.4 is 0 Å². The lowest BCUT2D eigenvalue weighted by atomic mass is 10.0. The highest BCUT2D eigenvalue weighted by Crippen LogP contribution is 2.19. The normalized spacial score (nSPS) is 19.5. The summed E-state index contributed by atoms with van der Waals surface area (Å²) in [6.07, 6.45) is 3.34. The van der Waals surface area contributed by atoms with Gasteiger partial charge in [0.2, 0.25) is 0 Å². The standard InChI is InChI=1S/C14H17FO2/c1-10-4-6-13(15)12(9-10)14(16)7-5-11-3-2-8-17-11/h4,6,9,11H,2-3,5,7-8H2,1H3. The minimum Gasteiger partial charge on any atom is -0.378 e. The molecule has 92 valence electrons. The van der Waals surface area contributed by atoms with Gasteiger partial charge in [-0.15, -0.1) is 0 Å². The first-order valence-corrected chi connectivity index (χ1v) is 6.08. The molecule has 1 saturated heterocycles. The lowest BCUT2D eigenvalue weighted by molar-refractivity contribution is 0.0856. The van der Waals surface area contributed by atoms with Crippen molar-refractivity contribution >= 4 is 5.78 Å². The van der Waals surface area contributed by atoms with Crippen molar-refractivity contribution < 1.29 is 13.9 Å². The molecule has 1 aliphatic rings. The molecule has 0 bridgehead atoms. The number of carbonyl (C=O) groups is 1. The molecule has 0 spiro atoms. The predicted octanol–water partition coefficient (Wildman–Crippen LogP) is 3.28. The van der Waals surface area contributed by atoms with Crippen molar-refractivity contribution in [3.05, 3.63) is 35.1 Å². The molecule has 1 fully saturated rings. The molecular weight excluding hydrogens is 219 g/mol. The summed E-state index contributed by atoms with van der Waals surface area (Å²) in [5.74, 6) is -0.547. The maximum absolute atomic E-state index is 13.5. The van der Waals surface area contributed by atoms with Gasteiger partial charge in [0.15, 0.2) is 5.78 Å². The third kappa shape index (κ3) is 3.13. The van der Waals surface area contributed by atoms with Crippen molar-refractivity contribution in [2.75, 3.05) is 6.61 Å². The molecule has 1 heterocycles. The molecule has 17 heavy (non-hydrogen) atoms. The van der Waals surface area contributed by atoms with Gasteiger partial charge in [-0.05, 0) is 38.3 Å². The first-order valence-electron chi connectivity index (χ1n) is 6.08. The molecule has 1 aromatic carbocycles. The summed E-state index contributed by atoms with van der Waals surface area (Å²) in [6.45, 7) is 2.65. The zero-order chi connectivity index (χ0) is 12.3. The Hall–Kier alpha value is -1.22. The Bertz CT molecular complexity index is 409. The number of carbonyl (C=O) groups excluding carboxylic acids is 1. The largest absolute Gasteiger partial charge is 0.378 e. The van der Waals surface area contributed by atoms with E-state index in [1.165, 1.54) is 6.07 Å². The molecule has 0 saturated carbocycles. The van der Waals surface area contributed by atoms with E-state index in [-0.39, 0.29) is 17.5 Å². The summed E-state index contributed by atoms with van der Waals surface area (Å²) >= 11 is 0. The Kier molecular flexibility index (Phi) is 3.89. The summed E-state index contributed by atoms with van der Waals surface area (Å²) in [5.41, 5.74) is 1.12. The second kappa shape index (κ2) is 5.41. The third-order valence-electron chi connectivity index (χ3n) is 3.14. The van der Waals surface area contributed by atoms with Crippen LogP contribution in [0.25, 0.3) is 0 Å². The van der Waals surface area contributed by atoms with Crippen molar-refractivity contribution in [3.8, 4) is 0 Å². The first-order chi connectivity index (χ1) is 8.16. The molecule has 2 nitrogen and oxygen atoms in total. The highest BCUT2D eigenvalue weighted by molar-refractivity contribution is 5.96. The predicted molar refractivity (Wildman–Crippen MR) is 63.7 cm³/mol. The molecule has 1 atom stereocenters. The van der Waals surface area contributed by atoms with Crippen LogP contribution in [0.3, 0.4) is 0 Å². The van der Waals surface area contributed by atoms with E-state index in [1.807, 2.05) is 6.92 Å². The Morgan fingerprint density at radius 2 is 2.35 bits per heavy atom. The van der Waals surface area contributed by atoms with Gasteiger partial charge in [-0.2, -0.15) is 0 Å². The number of halogens is 1. The number of hydrogen-bond acceptors (Lipinski definition) is 2. The van der Waals surface area contributed by atoms with E-state index in [2.05, 4.69) is 0 Å². The van der Waals surface area contributed by atoms with Gasteiger partial charge in [-0.3, -0.25) is 4.79 Å². The number of hydrogen-bond donors (Lipinski definition) is 0. The molecular formula is C14H17FO2. The van der Waals surface area contributed by atoms with Crippen LogP contribution >= 0.6 is 0 Å². The minimum atomic E-state index is -0.423. The van der Waals surface area contributed by atoms with Crippen molar-refractivity contribution in [1.29, 1.82) is 0 Å². The van der Waals surface area contributed by atoms with Gasteiger partial charge in [-0.25, -0.2) is 4.39 Å². The fourth-order valence-electron chi connectivity index (χ4n) is 2.15.